The first-order valence-corrected chi connectivity index (χ1v) is 20.2. The van der Waals surface area contributed by atoms with Gasteiger partial charge in [-0.15, -0.1) is 0 Å². The minimum atomic E-state index is 0.576. The first-order chi connectivity index (χ1) is 29.8. The molecule has 12 aromatic rings. The Balaban J connectivity index is 1.08. The fraction of sp³-hybridized carbons (Fsp3) is 0. The van der Waals surface area contributed by atoms with Gasteiger partial charge in [0.2, 0.25) is 5.89 Å². The van der Waals surface area contributed by atoms with Crippen LogP contribution in [-0.2, 0) is 0 Å². The number of hydrogen-bond donors (Lipinski definition) is 0. The molecule has 0 saturated carbocycles. The van der Waals surface area contributed by atoms with E-state index in [2.05, 4.69) is 173 Å². The molecule has 0 unspecified atom stereocenters. The predicted octanol–water partition coefficient (Wildman–Crippen LogP) is 15.3. The number of aromatic nitrogens is 2. The summed E-state index contributed by atoms with van der Waals surface area (Å²) >= 11 is 0. The Morgan fingerprint density at radius 2 is 1.00 bits per heavy atom. The molecule has 282 valence electrons. The van der Waals surface area contributed by atoms with Gasteiger partial charge in [0.1, 0.15) is 16.7 Å². The van der Waals surface area contributed by atoms with Gasteiger partial charge >= 0.3 is 0 Å². The number of anilines is 3. The summed E-state index contributed by atoms with van der Waals surface area (Å²) in [4.78, 5) is 7.39. The number of nitrogens with zero attached hydrogens (tertiary/aromatic N) is 3. The zero-order valence-electron chi connectivity index (χ0n) is 32.4. The van der Waals surface area contributed by atoms with Crippen LogP contribution in [0.3, 0.4) is 0 Å². The second kappa shape index (κ2) is 13.8. The molecule has 0 bridgehead atoms. The molecule has 60 heavy (non-hydrogen) atoms. The first-order valence-electron chi connectivity index (χ1n) is 20.2. The molecule has 5 heteroatoms. The summed E-state index contributed by atoms with van der Waals surface area (Å²) in [7, 11) is 0. The predicted molar refractivity (Wildman–Crippen MR) is 247 cm³/mol. The van der Waals surface area contributed by atoms with Gasteiger partial charge in [0, 0.05) is 44.2 Å². The molecule has 3 aromatic heterocycles. The maximum atomic E-state index is 6.66. The van der Waals surface area contributed by atoms with E-state index in [1.54, 1.807) is 0 Å². The largest absolute Gasteiger partial charge is 0.455 e. The van der Waals surface area contributed by atoms with E-state index in [0.29, 0.717) is 11.5 Å². The normalized spacial score (nSPS) is 11.7. The van der Waals surface area contributed by atoms with E-state index in [1.165, 1.54) is 16.3 Å². The van der Waals surface area contributed by atoms with E-state index < -0.39 is 0 Å². The Bertz CT molecular complexity index is 3510. The Labute approximate surface area is 345 Å². The third kappa shape index (κ3) is 5.44. The molecule has 0 aliphatic carbocycles. The molecule has 5 nitrogen and oxygen atoms in total. The molecule has 0 radical (unpaired) electrons. The van der Waals surface area contributed by atoms with Crippen molar-refractivity contribution in [3.05, 3.63) is 212 Å². The van der Waals surface area contributed by atoms with Crippen LogP contribution in [0.2, 0.25) is 0 Å². The standard InChI is InChI=1S/C55H35N3O2/c1-4-15-36(16-5-1)37-27-31-41(32-28-37)57(49-25-14-23-45-43-21-10-12-24-48(43)58(52(45)49)40-19-8-3-9-20-40)42-33-29-38(30-34-42)51-53-46(44-22-11-13-26-50(44)59-53)35-47-54(51)60-55(56-47)39-17-6-2-7-18-39/h1-35H. The molecular formula is C55H35N3O2. The van der Waals surface area contributed by atoms with Crippen molar-refractivity contribution in [2.75, 3.05) is 4.90 Å². The van der Waals surface area contributed by atoms with Crippen LogP contribution in [0.5, 0.6) is 0 Å². The number of para-hydroxylation sites is 4. The highest BCUT2D eigenvalue weighted by molar-refractivity contribution is 6.17. The maximum Gasteiger partial charge on any atom is 0.227 e. The van der Waals surface area contributed by atoms with Crippen molar-refractivity contribution in [2.24, 2.45) is 0 Å². The molecule has 0 saturated heterocycles. The van der Waals surface area contributed by atoms with Crippen LogP contribution in [-0.4, -0.2) is 9.55 Å². The lowest BCUT2D eigenvalue weighted by Crippen LogP contribution is -2.11. The quantitative estimate of drug-likeness (QED) is 0.162. The zero-order valence-corrected chi connectivity index (χ0v) is 32.4. The van der Waals surface area contributed by atoms with Crippen LogP contribution in [0.15, 0.2) is 221 Å². The number of benzene rings is 9. The number of furan rings is 1. The smallest absolute Gasteiger partial charge is 0.227 e. The highest BCUT2D eigenvalue weighted by Gasteiger charge is 2.24. The molecule has 0 aliphatic heterocycles. The minimum absolute atomic E-state index is 0.576. The molecule has 0 fully saturated rings. The van der Waals surface area contributed by atoms with Gasteiger partial charge in [0.15, 0.2) is 5.58 Å². The first kappa shape index (κ1) is 33.9. The van der Waals surface area contributed by atoms with Crippen molar-refractivity contribution in [2.45, 2.75) is 0 Å². The molecule has 0 aliphatic rings. The fourth-order valence-electron chi connectivity index (χ4n) is 8.87. The third-order valence-electron chi connectivity index (χ3n) is 11.6. The van der Waals surface area contributed by atoms with Crippen LogP contribution in [0, 0.1) is 0 Å². The topological polar surface area (TPSA) is 47.3 Å². The van der Waals surface area contributed by atoms with Crippen LogP contribution >= 0.6 is 0 Å². The summed E-state index contributed by atoms with van der Waals surface area (Å²) in [6.45, 7) is 0. The van der Waals surface area contributed by atoms with Gasteiger partial charge in [-0.05, 0) is 89.5 Å². The second-order valence-corrected chi connectivity index (χ2v) is 15.1. The average Bonchev–Trinajstić information content (AvgIpc) is 4.02. The number of fused-ring (bicyclic) bond motifs is 7. The van der Waals surface area contributed by atoms with Crippen molar-refractivity contribution >= 4 is 71.9 Å². The van der Waals surface area contributed by atoms with Crippen molar-refractivity contribution in [1.82, 2.24) is 9.55 Å². The zero-order chi connectivity index (χ0) is 39.6. The molecule has 3 heterocycles. The van der Waals surface area contributed by atoms with Crippen molar-refractivity contribution in [1.29, 1.82) is 0 Å². The summed E-state index contributed by atoms with van der Waals surface area (Å²) in [5.41, 5.74) is 14.7. The SMILES string of the molecule is c1ccc(-c2ccc(N(c3ccc(-c4c5oc(-c6ccccc6)nc5cc5c4oc4ccccc45)cc3)c3cccc4c5ccccc5n(-c5ccccc5)c34)cc2)cc1. The third-order valence-corrected chi connectivity index (χ3v) is 11.6. The molecule has 0 amide bonds. The van der Waals surface area contributed by atoms with Crippen LogP contribution in [0.25, 0.3) is 94.2 Å². The van der Waals surface area contributed by atoms with Gasteiger partial charge in [0.05, 0.1) is 22.3 Å². The van der Waals surface area contributed by atoms with Gasteiger partial charge in [-0.25, -0.2) is 4.98 Å². The Morgan fingerprint density at radius 3 is 1.73 bits per heavy atom. The lowest BCUT2D eigenvalue weighted by atomic mass is 10.00. The average molecular weight is 770 g/mol. The van der Waals surface area contributed by atoms with Crippen LogP contribution in [0.4, 0.5) is 17.1 Å². The van der Waals surface area contributed by atoms with E-state index in [9.17, 15) is 0 Å². The fourth-order valence-corrected chi connectivity index (χ4v) is 8.87. The Morgan fingerprint density at radius 1 is 0.417 bits per heavy atom. The van der Waals surface area contributed by atoms with E-state index in [4.69, 9.17) is 13.8 Å². The van der Waals surface area contributed by atoms with Crippen molar-refractivity contribution in [3.8, 4) is 39.4 Å². The molecule has 12 rings (SSSR count). The van der Waals surface area contributed by atoms with Crippen LogP contribution < -0.4 is 4.90 Å². The monoisotopic (exact) mass is 769 g/mol. The van der Waals surface area contributed by atoms with E-state index in [-0.39, 0.29) is 0 Å². The summed E-state index contributed by atoms with van der Waals surface area (Å²) in [5, 5.41) is 4.44. The number of oxazole rings is 1. The van der Waals surface area contributed by atoms with Gasteiger partial charge < -0.3 is 18.3 Å². The molecule has 0 N–H and O–H groups in total. The molecule has 0 atom stereocenters. The van der Waals surface area contributed by atoms with Gasteiger partial charge in [-0.3, -0.25) is 0 Å². The second-order valence-electron chi connectivity index (χ2n) is 15.1. The number of rotatable bonds is 7. The highest BCUT2D eigenvalue weighted by atomic mass is 16.4. The van der Waals surface area contributed by atoms with Gasteiger partial charge in [-0.1, -0.05) is 140 Å². The van der Waals surface area contributed by atoms with E-state index in [0.717, 1.165) is 83.5 Å². The van der Waals surface area contributed by atoms with Crippen molar-refractivity contribution in [3.63, 3.8) is 0 Å². The summed E-state index contributed by atoms with van der Waals surface area (Å²) in [5.74, 6) is 0.576. The molecule has 0 spiro atoms. The maximum absolute atomic E-state index is 6.66. The van der Waals surface area contributed by atoms with E-state index in [1.807, 2.05) is 48.5 Å². The van der Waals surface area contributed by atoms with E-state index >= 15 is 0 Å². The Kier molecular flexibility index (Phi) is 7.78. The summed E-state index contributed by atoms with van der Waals surface area (Å²) in [6.07, 6.45) is 0. The number of hydrogen-bond acceptors (Lipinski definition) is 4. The van der Waals surface area contributed by atoms with Crippen LogP contribution in [0.1, 0.15) is 0 Å². The van der Waals surface area contributed by atoms with Crippen molar-refractivity contribution < 1.29 is 8.83 Å². The summed E-state index contributed by atoms with van der Waals surface area (Å²) < 4.78 is 15.7. The highest BCUT2D eigenvalue weighted by Crippen LogP contribution is 2.46. The minimum Gasteiger partial charge on any atom is -0.455 e. The van der Waals surface area contributed by atoms with Gasteiger partial charge in [0.25, 0.3) is 0 Å². The van der Waals surface area contributed by atoms with Gasteiger partial charge in [-0.2, -0.15) is 0 Å². The summed E-state index contributed by atoms with van der Waals surface area (Å²) in [6, 6.07) is 74.5. The Hall–Kier alpha value is -8.15. The lowest BCUT2D eigenvalue weighted by Gasteiger charge is -2.27. The molecule has 9 aromatic carbocycles. The lowest BCUT2D eigenvalue weighted by molar-refractivity contribution is 0.619. The molecular weight excluding hydrogens is 735 g/mol.